The number of allylic oxidation sites excluding steroid dienone is 2. The van der Waals surface area contributed by atoms with Crippen molar-refractivity contribution in [3.05, 3.63) is 42.5 Å². The lowest BCUT2D eigenvalue weighted by Gasteiger charge is -2.26. The summed E-state index contributed by atoms with van der Waals surface area (Å²) in [7, 11) is 0. The van der Waals surface area contributed by atoms with Gasteiger partial charge in [0.05, 0.1) is 17.9 Å². The maximum absolute atomic E-state index is 12.6. The van der Waals surface area contributed by atoms with Crippen LogP contribution >= 0.6 is 0 Å². The molecule has 1 aliphatic heterocycles. The van der Waals surface area contributed by atoms with Crippen molar-refractivity contribution in [2.24, 2.45) is 11.8 Å². The number of ether oxygens (including phenoxy) is 2. The molecule has 24 heavy (non-hydrogen) atoms. The molecule has 0 unspecified atom stereocenters. The first-order chi connectivity index (χ1) is 11.7. The molecule has 1 aromatic rings. The highest BCUT2D eigenvalue weighted by molar-refractivity contribution is 5.95. The van der Waals surface area contributed by atoms with E-state index in [1.54, 1.807) is 0 Å². The topological polar surface area (TPSA) is 64.6 Å². The molecular weight excluding hydrogens is 306 g/mol. The van der Waals surface area contributed by atoms with Crippen LogP contribution < -0.4 is 5.32 Å². The lowest BCUT2D eigenvalue weighted by atomic mass is 9.82. The van der Waals surface area contributed by atoms with E-state index in [4.69, 9.17) is 9.47 Å². The van der Waals surface area contributed by atoms with Crippen LogP contribution in [0.5, 0.6) is 0 Å². The third kappa shape index (κ3) is 4.23. The molecule has 0 saturated carbocycles. The van der Waals surface area contributed by atoms with E-state index in [9.17, 15) is 9.59 Å². The van der Waals surface area contributed by atoms with Crippen LogP contribution in [-0.2, 0) is 19.1 Å². The Morgan fingerprint density at radius 3 is 2.58 bits per heavy atom. The quantitative estimate of drug-likeness (QED) is 0.666. The Labute approximate surface area is 142 Å². The molecule has 0 spiro atoms. The fraction of sp³-hybridized carbons (Fsp3) is 0.474. The van der Waals surface area contributed by atoms with Gasteiger partial charge >= 0.3 is 5.97 Å². The van der Waals surface area contributed by atoms with E-state index >= 15 is 0 Å². The van der Waals surface area contributed by atoms with Gasteiger partial charge in [-0.05, 0) is 37.8 Å². The second kappa shape index (κ2) is 8.11. The maximum atomic E-state index is 12.6. The third-order valence-electron chi connectivity index (χ3n) is 4.55. The van der Waals surface area contributed by atoms with Gasteiger partial charge in [0.25, 0.3) is 0 Å². The number of para-hydroxylation sites is 1. The molecule has 3 rings (SSSR count). The Morgan fingerprint density at radius 1 is 1.12 bits per heavy atom. The van der Waals surface area contributed by atoms with Crippen LogP contribution in [0.4, 0.5) is 5.69 Å². The number of hydrogen-bond donors (Lipinski definition) is 1. The van der Waals surface area contributed by atoms with Crippen LogP contribution in [0, 0.1) is 11.8 Å². The van der Waals surface area contributed by atoms with Gasteiger partial charge in [0, 0.05) is 12.3 Å². The summed E-state index contributed by atoms with van der Waals surface area (Å²) in [4.78, 5) is 25.0. The Morgan fingerprint density at radius 2 is 1.88 bits per heavy atom. The minimum Gasteiger partial charge on any atom is -0.463 e. The molecule has 0 radical (unpaired) electrons. The summed E-state index contributed by atoms with van der Waals surface area (Å²) in [5, 5.41) is 2.89. The van der Waals surface area contributed by atoms with Gasteiger partial charge in [-0.25, -0.2) is 0 Å². The van der Waals surface area contributed by atoms with E-state index in [-0.39, 0.29) is 24.6 Å². The van der Waals surface area contributed by atoms with E-state index in [2.05, 4.69) is 5.32 Å². The number of nitrogens with one attached hydrogen (secondary N) is 1. The Kier molecular flexibility index (Phi) is 5.64. The van der Waals surface area contributed by atoms with E-state index in [0.717, 1.165) is 25.1 Å². The summed E-state index contributed by atoms with van der Waals surface area (Å²) in [6, 6.07) is 9.29. The highest BCUT2D eigenvalue weighted by Gasteiger charge is 2.35. The number of carbonyl (C=O) groups excluding carboxylic acids is 2. The van der Waals surface area contributed by atoms with Gasteiger partial charge in [0.2, 0.25) is 5.91 Å². The summed E-state index contributed by atoms with van der Waals surface area (Å²) in [6.07, 6.45) is 6.94. The van der Waals surface area contributed by atoms with Crippen molar-refractivity contribution in [3.63, 3.8) is 0 Å². The van der Waals surface area contributed by atoms with Gasteiger partial charge in [0.1, 0.15) is 6.61 Å². The van der Waals surface area contributed by atoms with E-state index in [1.165, 1.54) is 0 Å². The molecule has 1 saturated heterocycles. The number of esters is 1. The average Bonchev–Trinajstić information content (AvgIpc) is 3.14. The standard InChI is InChI=1S/C19H23NO4/c21-18(20-14-7-2-1-3-8-14)16-10-4-5-11-17(16)19(22)24-13-15-9-6-12-23-15/h1-5,7-8,15-17H,6,9-13H2,(H,20,21)/t15-,16-,17+/m0/s1. The van der Waals surface area contributed by atoms with Crippen LogP contribution in [0.25, 0.3) is 0 Å². The zero-order valence-electron chi connectivity index (χ0n) is 13.6. The molecule has 1 aliphatic carbocycles. The summed E-state index contributed by atoms with van der Waals surface area (Å²) >= 11 is 0. The number of carbonyl (C=O) groups is 2. The normalized spacial score (nSPS) is 26.1. The number of benzene rings is 1. The van der Waals surface area contributed by atoms with Crippen molar-refractivity contribution >= 4 is 17.6 Å². The number of anilines is 1. The van der Waals surface area contributed by atoms with E-state index in [1.807, 2.05) is 42.5 Å². The summed E-state index contributed by atoms with van der Waals surface area (Å²) in [6.45, 7) is 1.02. The molecule has 1 aromatic carbocycles. The zero-order chi connectivity index (χ0) is 16.8. The minimum atomic E-state index is -0.430. The fourth-order valence-corrected chi connectivity index (χ4v) is 3.18. The second-order valence-electron chi connectivity index (χ2n) is 6.28. The van der Waals surface area contributed by atoms with Crippen molar-refractivity contribution in [1.82, 2.24) is 0 Å². The van der Waals surface area contributed by atoms with Crippen molar-refractivity contribution in [2.45, 2.75) is 31.8 Å². The van der Waals surface area contributed by atoms with E-state index in [0.29, 0.717) is 12.8 Å². The lowest BCUT2D eigenvalue weighted by Crippen LogP contribution is -2.36. The number of hydrogen-bond acceptors (Lipinski definition) is 4. The van der Waals surface area contributed by atoms with Crippen molar-refractivity contribution in [1.29, 1.82) is 0 Å². The molecule has 1 heterocycles. The summed E-state index contributed by atoms with van der Waals surface area (Å²) in [5.74, 6) is -1.26. The second-order valence-corrected chi connectivity index (χ2v) is 6.28. The van der Waals surface area contributed by atoms with Crippen molar-refractivity contribution in [2.75, 3.05) is 18.5 Å². The molecule has 1 N–H and O–H groups in total. The van der Waals surface area contributed by atoms with Gasteiger partial charge in [0.15, 0.2) is 0 Å². The summed E-state index contributed by atoms with van der Waals surface area (Å²) < 4.78 is 10.9. The maximum Gasteiger partial charge on any atom is 0.310 e. The molecular formula is C19H23NO4. The highest BCUT2D eigenvalue weighted by atomic mass is 16.6. The van der Waals surface area contributed by atoms with Gasteiger partial charge in [-0.1, -0.05) is 30.4 Å². The Hall–Kier alpha value is -2.14. The predicted octanol–water partition coefficient (Wildman–Crippen LogP) is 2.93. The van der Waals surface area contributed by atoms with Gasteiger partial charge < -0.3 is 14.8 Å². The molecule has 5 heteroatoms. The molecule has 3 atom stereocenters. The number of rotatable bonds is 5. The van der Waals surface area contributed by atoms with Crippen molar-refractivity contribution in [3.8, 4) is 0 Å². The Balaban J connectivity index is 1.58. The van der Waals surface area contributed by atoms with Crippen LogP contribution in [0.2, 0.25) is 0 Å². The van der Waals surface area contributed by atoms with Crippen LogP contribution in [0.3, 0.4) is 0 Å². The Bertz CT molecular complexity index is 593. The fourth-order valence-electron chi connectivity index (χ4n) is 3.18. The first kappa shape index (κ1) is 16.7. The van der Waals surface area contributed by atoms with Gasteiger partial charge in [-0.2, -0.15) is 0 Å². The molecule has 1 fully saturated rings. The van der Waals surface area contributed by atoms with Crippen LogP contribution in [-0.4, -0.2) is 31.2 Å². The molecule has 5 nitrogen and oxygen atoms in total. The zero-order valence-corrected chi connectivity index (χ0v) is 13.6. The molecule has 0 bridgehead atoms. The third-order valence-corrected chi connectivity index (χ3v) is 4.55. The smallest absolute Gasteiger partial charge is 0.310 e. The monoisotopic (exact) mass is 329 g/mol. The van der Waals surface area contributed by atoms with Gasteiger partial charge in [-0.3, -0.25) is 9.59 Å². The first-order valence-corrected chi connectivity index (χ1v) is 8.53. The van der Waals surface area contributed by atoms with Gasteiger partial charge in [-0.15, -0.1) is 0 Å². The van der Waals surface area contributed by atoms with Crippen molar-refractivity contribution < 1.29 is 19.1 Å². The van der Waals surface area contributed by atoms with Crippen LogP contribution in [0.15, 0.2) is 42.5 Å². The minimum absolute atomic E-state index is 0.00433. The lowest BCUT2D eigenvalue weighted by molar-refractivity contribution is -0.155. The van der Waals surface area contributed by atoms with Crippen LogP contribution in [0.1, 0.15) is 25.7 Å². The predicted molar refractivity (Wildman–Crippen MR) is 90.4 cm³/mol. The SMILES string of the molecule is O=C(Nc1ccccc1)[C@H]1CC=CC[C@H]1C(=O)OC[C@@H]1CCCO1. The molecule has 2 aliphatic rings. The largest absolute Gasteiger partial charge is 0.463 e. The average molecular weight is 329 g/mol. The first-order valence-electron chi connectivity index (χ1n) is 8.53. The molecule has 128 valence electrons. The molecule has 1 amide bonds. The van der Waals surface area contributed by atoms with E-state index < -0.39 is 11.8 Å². The molecule has 0 aromatic heterocycles. The highest BCUT2D eigenvalue weighted by Crippen LogP contribution is 2.28. The summed E-state index contributed by atoms with van der Waals surface area (Å²) in [5.41, 5.74) is 0.739. The number of amides is 1.